The SMILES string of the molecule is Cc1ccc(C(=O)NC(=N)/C=C(\O)C(C)(C)C)cc1Nc1ncnc2cnc(N3CCCC3CO)nc12. The Bertz CT molecular complexity index is 1370. The highest BCUT2D eigenvalue weighted by atomic mass is 16.3. The number of nitrogens with one attached hydrogen (secondary N) is 3. The van der Waals surface area contributed by atoms with Crippen LogP contribution in [0, 0.1) is 17.7 Å². The van der Waals surface area contributed by atoms with Gasteiger partial charge in [0.15, 0.2) is 5.82 Å². The van der Waals surface area contributed by atoms with Gasteiger partial charge in [-0.3, -0.25) is 10.2 Å². The molecule has 194 valence electrons. The van der Waals surface area contributed by atoms with Gasteiger partial charge < -0.3 is 25.7 Å². The van der Waals surface area contributed by atoms with E-state index < -0.39 is 11.3 Å². The summed E-state index contributed by atoms with van der Waals surface area (Å²) in [6.07, 6.45) is 6.13. The minimum atomic E-state index is -0.532. The highest BCUT2D eigenvalue weighted by Crippen LogP contribution is 2.28. The Hall–Kier alpha value is -4.12. The van der Waals surface area contributed by atoms with Crippen molar-refractivity contribution in [2.24, 2.45) is 5.41 Å². The summed E-state index contributed by atoms with van der Waals surface area (Å²) in [6.45, 7) is 8.14. The summed E-state index contributed by atoms with van der Waals surface area (Å²) < 4.78 is 0. The molecule has 5 N–H and O–H groups in total. The molecular formula is C26H32N8O3. The number of aromatic nitrogens is 4. The maximum Gasteiger partial charge on any atom is 0.256 e. The predicted octanol–water partition coefficient (Wildman–Crippen LogP) is 3.63. The van der Waals surface area contributed by atoms with Crippen molar-refractivity contribution in [3.63, 3.8) is 0 Å². The van der Waals surface area contributed by atoms with Gasteiger partial charge in [0.1, 0.15) is 29.0 Å². The van der Waals surface area contributed by atoms with E-state index in [1.54, 1.807) is 24.4 Å². The molecule has 1 saturated heterocycles. The quantitative estimate of drug-likeness (QED) is 0.192. The van der Waals surface area contributed by atoms with Crippen molar-refractivity contribution in [3.8, 4) is 0 Å². The monoisotopic (exact) mass is 504 g/mol. The van der Waals surface area contributed by atoms with E-state index in [1.165, 1.54) is 12.4 Å². The molecule has 3 aromatic rings. The highest BCUT2D eigenvalue weighted by Gasteiger charge is 2.26. The average Bonchev–Trinajstić information content (AvgIpc) is 3.33. The lowest BCUT2D eigenvalue weighted by Gasteiger charge is -2.23. The third-order valence-electron chi connectivity index (χ3n) is 6.26. The van der Waals surface area contributed by atoms with Crippen molar-refractivity contribution < 1.29 is 15.0 Å². The molecule has 1 fully saturated rings. The van der Waals surface area contributed by atoms with Gasteiger partial charge in [0, 0.05) is 29.3 Å². The number of benzene rings is 1. The van der Waals surface area contributed by atoms with Gasteiger partial charge in [0.25, 0.3) is 5.91 Å². The summed E-state index contributed by atoms with van der Waals surface area (Å²) in [4.78, 5) is 32.6. The number of anilines is 3. The maximum absolute atomic E-state index is 12.8. The first-order valence-electron chi connectivity index (χ1n) is 12.1. The van der Waals surface area contributed by atoms with Crippen LogP contribution in [0.15, 0.2) is 42.6 Å². The number of hydrogen-bond donors (Lipinski definition) is 5. The number of allylic oxidation sites excluding steroid dienone is 1. The van der Waals surface area contributed by atoms with Gasteiger partial charge in [-0.25, -0.2) is 19.9 Å². The Kier molecular flexibility index (Phi) is 7.35. The molecule has 1 aromatic carbocycles. The van der Waals surface area contributed by atoms with Gasteiger partial charge in [0.2, 0.25) is 5.95 Å². The molecule has 0 saturated carbocycles. The van der Waals surface area contributed by atoms with Crippen molar-refractivity contribution in [1.82, 2.24) is 25.3 Å². The van der Waals surface area contributed by atoms with Crippen LogP contribution in [-0.2, 0) is 0 Å². The van der Waals surface area contributed by atoms with E-state index in [9.17, 15) is 15.0 Å². The Balaban J connectivity index is 1.59. The average molecular weight is 505 g/mol. The number of hydrogen-bond acceptors (Lipinski definition) is 10. The van der Waals surface area contributed by atoms with Gasteiger partial charge in [-0.1, -0.05) is 26.8 Å². The Morgan fingerprint density at radius 2 is 2.05 bits per heavy atom. The molecule has 1 atom stereocenters. The Labute approximate surface area is 215 Å². The normalized spacial score (nSPS) is 16.2. The number of aliphatic hydroxyl groups is 2. The minimum absolute atomic E-state index is 0.000278. The lowest BCUT2D eigenvalue weighted by atomic mass is 9.93. The van der Waals surface area contributed by atoms with E-state index >= 15 is 0 Å². The van der Waals surface area contributed by atoms with Crippen molar-refractivity contribution in [3.05, 3.63) is 53.7 Å². The van der Waals surface area contributed by atoms with Gasteiger partial charge in [0.05, 0.1) is 18.8 Å². The number of aryl methyl sites for hydroxylation is 1. The summed E-state index contributed by atoms with van der Waals surface area (Å²) in [5, 5.41) is 33.6. The van der Waals surface area contributed by atoms with Crippen LogP contribution in [0.3, 0.4) is 0 Å². The topological polar surface area (TPSA) is 160 Å². The van der Waals surface area contributed by atoms with Crippen molar-refractivity contribution in [2.75, 3.05) is 23.4 Å². The van der Waals surface area contributed by atoms with E-state index in [0.717, 1.165) is 24.9 Å². The van der Waals surface area contributed by atoms with Crippen molar-refractivity contribution in [2.45, 2.75) is 46.6 Å². The number of fused-ring (bicyclic) bond motifs is 1. The standard InChI is InChI=1S/C26H32N8O3/c1-15-7-8-16(24(37)32-21(27)11-20(36)26(2,3)4)10-18(15)31-23-22-19(29-14-30-23)12-28-25(33-22)34-9-5-6-17(34)13-35/h7-8,10-12,14,17,35-36H,5-6,9,13H2,1-4H3,(H2,27,32,37)(H,29,30,31)/b20-11-. The van der Waals surface area contributed by atoms with Crippen LogP contribution in [0.2, 0.25) is 0 Å². The van der Waals surface area contributed by atoms with Crippen molar-refractivity contribution >= 4 is 40.2 Å². The molecule has 4 rings (SSSR count). The fourth-order valence-corrected chi connectivity index (χ4v) is 3.97. The van der Waals surface area contributed by atoms with Gasteiger partial charge in [-0.05, 0) is 37.5 Å². The molecule has 0 aliphatic carbocycles. The van der Waals surface area contributed by atoms with E-state index in [1.807, 2.05) is 32.6 Å². The van der Waals surface area contributed by atoms with Crippen LogP contribution in [0.1, 0.15) is 49.5 Å². The second kappa shape index (κ2) is 10.5. The van der Waals surface area contributed by atoms with Crippen molar-refractivity contribution in [1.29, 1.82) is 5.41 Å². The zero-order valence-electron chi connectivity index (χ0n) is 21.4. The number of aliphatic hydroxyl groups excluding tert-OH is 2. The molecule has 0 radical (unpaired) electrons. The second-order valence-electron chi connectivity index (χ2n) is 10.1. The van der Waals surface area contributed by atoms with Crippen LogP contribution in [0.4, 0.5) is 17.5 Å². The molecule has 3 heterocycles. The van der Waals surface area contributed by atoms with Gasteiger partial charge in [-0.15, -0.1) is 0 Å². The molecule has 0 bridgehead atoms. The third-order valence-corrected chi connectivity index (χ3v) is 6.26. The van der Waals surface area contributed by atoms with E-state index in [-0.39, 0.29) is 24.2 Å². The smallest absolute Gasteiger partial charge is 0.256 e. The summed E-state index contributed by atoms with van der Waals surface area (Å²) in [5.74, 6) is 0.283. The van der Waals surface area contributed by atoms with E-state index in [2.05, 4.69) is 25.6 Å². The number of rotatable bonds is 6. The molecule has 2 aromatic heterocycles. The molecule has 1 amide bonds. The zero-order valence-corrected chi connectivity index (χ0v) is 21.4. The van der Waals surface area contributed by atoms with Gasteiger partial charge >= 0.3 is 0 Å². The molecule has 1 aliphatic rings. The van der Waals surface area contributed by atoms with Crippen LogP contribution in [0.5, 0.6) is 0 Å². The molecular weight excluding hydrogens is 472 g/mol. The highest BCUT2D eigenvalue weighted by molar-refractivity contribution is 6.09. The van der Waals surface area contributed by atoms with Crippen LogP contribution < -0.4 is 15.5 Å². The number of carbonyl (C=O) groups excluding carboxylic acids is 1. The summed E-state index contributed by atoms with van der Waals surface area (Å²) in [7, 11) is 0. The van der Waals surface area contributed by atoms with Crippen LogP contribution >= 0.6 is 0 Å². The fraction of sp³-hybridized carbons (Fsp3) is 0.385. The predicted molar refractivity (Wildman–Crippen MR) is 142 cm³/mol. The second-order valence-corrected chi connectivity index (χ2v) is 10.1. The van der Waals surface area contributed by atoms with Gasteiger partial charge in [-0.2, -0.15) is 0 Å². The van der Waals surface area contributed by atoms with Crippen LogP contribution in [0.25, 0.3) is 11.0 Å². The minimum Gasteiger partial charge on any atom is -0.512 e. The number of nitrogens with zero attached hydrogens (tertiary/aromatic N) is 5. The largest absolute Gasteiger partial charge is 0.512 e. The summed E-state index contributed by atoms with van der Waals surface area (Å²) in [6, 6.07) is 5.11. The number of amides is 1. The molecule has 11 nitrogen and oxygen atoms in total. The summed E-state index contributed by atoms with van der Waals surface area (Å²) in [5.41, 5.74) is 2.40. The van der Waals surface area contributed by atoms with E-state index in [0.29, 0.717) is 34.1 Å². The number of amidine groups is 1. The Morgan fingerprint density at radius 3 is 2.78 bits per heavy atom. The fourth-order valence-electron chi connectivity index (χ4n) is 3.97. The maximum atomic E-state index is 12.8. The first-order chi connectivity index (χ1) is 17.6. The molecule has 1 unspecified atom stereocenters. The lowest BCUT2D eigenvalue weighted by molar-refractivity contribution is 0.0977. The first kappa shape index (κ1) is 26.0. The Morgan fingerprint density at radius 1 is 1.27 bits per heavy atom. The molecule has 11 heteroatoms. The van der Waals surface area contributed by atoms with E-state index in [4.69, 9.17) is 10.4 Å². The molecule has 1 aliphatic heterocycles. The third kappa shape index (κ3) is 5.83. The summed E-state index contributed by atoms with van der Waals surface area (Å²) >= 11 is 0. The number of carbonyl (C=O) groups is 1. The molecule has 37 heavy (non-hydrogen) atoms. The first-order valence-corrected chi connectivity index (χ1v) is 12.1. The van der Waals surface area contributed by atoms with Crippen LogP contribution in [-0.4, -0.2) is 61.1 Å². The molecule has 0 spiro atoms. The zero-order chi connectivity index (χ0) is 26.7. The lowest BCUT2D eigenvalue weighted by Crippen LogP contribution is -2.33.